The Morgan fingerprint density at radius 2 is 2.04 bits per heavy atom. The molecule has 2 aliphatic rings. The van der Waals surface area contributed by atoms with E-state index in [4.69, 9.17) is 4.74 Å². The van der Waals surface area contributed by atoms with E-state index in [1.54, 1.807) is 29.5 Å². The van der Waals surface area contributed by atoms with Gasteiger partial charge in [0.05, 0.1) is 23.0 Å². The monoisotopic (exact) mass is 420 g/mol. The summed E-state index contributed by atoms with van der Waals surface area (Å²) in [5.41, 5.74) is 1.76. The summed E-state index contributed by atoms with van der Waals surface area (Å²) < 4.78 is 32.3. The van der Waals surface area contributed by atoms with Gasteiger partial charge in [-0.3, -0.25) is 4.79 Å². The molecule has 4 rings (SSSR count). The van der Waals surface area contributed by atoms with Crippen LogP contribution in [-0.4, -0.2) is 44.9 Å². The molecule has 2 heterocycles. The summed E-state index contributed by atoms with van der Waals surface area (Å²) in [5.74, 6) is 0.466. The smallest absolute Gasteiger partial charge is 0.265 e. The van der Waals surface area contributed by atoms with Crippen molar-refractivity contribution in [3.63, 3.8) is 0 Å². The van der Waals surface area contributed by atoms with Gasteiger partial charge in [0, 0.05) is 23.7 Å². The Bertz CT molecular complexity index is 978. The molecule has 0 radical (unpaired) electrons. The Hall–Kier alpha value is -1.74. The van der Waals surface area contributed by atoms with Crippen molar-refractivity contribution in [1.82, 2.24) is 4.31 Å². The molecule has 0 spiro atoms. The number of ether oxygens (including phenoxy) is 1. The average molecular weight is 421 g/mol. The van der Waals surface area contributed by atoms with Crippen LogP contribution in [0.5, 0.6) is 0 Å². The SMILES string of the molecule is C[C@H]1CCc2sc(C(=O)Nc3cccc(S(=O)(=O)N4CCOCC4)c3)cc2C1. The number of nitrogens with zero attached hydrogens (tertiary/aromatic N) is 1. The second-order valence-electron chi connectivity index (χ2n) is 7.41. The van der Waals surface area contributed by atoms with E-state index in [0.717, 1.165) is 19.3 Å². The van der Waals surface area contributed by atoms with Crippen molar-refractivity contribution in [2.24, 2.45) is 5.92 Å². The number of rotatable bonds is 4. The molecular formula is C20H24N2O4S2. The molecule has 28 heavy (non-hydrogen) atoms. The second kappa shape index (κ2) is 7.94. The normalized spacial score (nSPS) is 20.5. The van der Waals surface area contributed by atoms with Gasteiger partial charge in [-0.25, -0.2) is 8.42 Å². The number of aryl methyl sites for hydroxylation is 1. The highest BCUT2D eigenvalue weighted by Gasteiger charge is 2.27. The predicted molar refractivity (Wildman–Crippen MR) is 109 cm³/mol. The maximum atomic E-state index is 12.8. The van der Waals surface area contributed by atoms with Crippen molar-refractivity contribution in [3.05, 3.63) is 45.6 Å². The van der Waals surface area contributed by atoms with Gasteiger partial charge in [-0.05, 0) is 55.0 Å². The zero-order valence-corrected chi connectivity index (χ0v) is 17.4. The first kappa shape index (κ1) is 19.6. The lowest BCUT2D eigenvalue weighted by Gasteiger charge is -2.26. The third kappa shape index (κ3) is 4.00. The molecule has 1 fully saturated rings. The van der Waals surface area contributed by atoms with Crippen molar-refractivity contribution in [2.75, 3.05) is 31.6 Å². The Morgan fingerprint density at radius 1 is 1.25 bits per heavy atom. The maximum Gasteiger partial charge on any atom is 0.265 e. The molecule has 0 unspecified atom stereocenters. The molecule has 1 aliphatic heterocycles. The molecular weight excluding hydrogens is 396 g/mol. The van der Waals surface area contributed by atoms with Crippen LogP contribution < -0.4 is 5.32 Å². The molecule has 2 aromatic rings. The summed E-state index contributed by atoms with van der Waals surface area (Å²) in [6.07, 6.45) is 3.21. The summed E-state index contributed by atoms with van der Waals surface area (Å²) in [7, 11) is -3.59. The number of carbonyl (C=O) groups is 1. The number of hydrogen-bond acceptors (Lipinski definition) is 5. The zero-order valence-electron chi connectivity index (χ0n) is 15.8. The summed E-state index contributed by atoms with van der Waals surface area (Å²) >= 11 is 1.54. The molecule has 1 aliphatic carbocycles. The number of carbonyl (C=O) groups excluding carboxylic acids is 1. The van der Waals surface area contributed by atoms with Crippen LogP contribution in [0.1, 0.15) is 33.5 Å². The summed E-state index contributed by atoms with van der Waals surface area (Å²) in [5, 5.41) is 2.86. The van der Waals surface area contributed by atoms with Gasteiger partial charge in [0.2, 0.25) is 10.0 Å². The number of amides is 1. The molecule has 8 heteroatoms. The van der Waals surface area contributed by atoms with E-state index in [-0.39, 0.29) is 10.8 Å². The first-order chi connectivity index (χ1) is 13.4. The predicted octanol–water partition coefficient (Wildman–Crippen LogP) is 3.15. The highest BCUT2D eigenvalue weighted by atomic mass is 32.2. The van der Waals surface area contributed by atoms with Gasteiger partial charge in [0.1, 0.15) is 0 Å². The van der Waals surface area contributed by atoms with Crippen LogP contribution in [-0.2, 0) is 27.6 Å². The lowest BCUT2D eigenvalue weighted by atomic mass is 9.90. The van der Waals surface area contributed by atoms with Gasteiger partial charge in [0.15, 0.2) is 0 Å². The minimum atomic E-state index is -3.59. The summed E-state index contributed by atoms with van der Waals surface area (Å²) in [6, 6.07) is 8.44. The second-order valence-corrected chi connectivity index (χ2v) is 10.5. The molecule has 1 amide bonds. The van der Waals surface area contributed by atoms with Crippen LogP contribution in [0, 0.1) is 5.92 Å². The van der Waals surface area contributed by atoms with E-state index < -0.39 is 10.0 Å². The van der Waals surface area contributed by atoms with Gasteiger partial charge < -0.3 is 10.1 Å². The minimum absolute atomic E-state index is 0.187. The molecule has 1 saturated heterocycles. The highest BCUT2D eigenvalue weighted by molar-refractivity contribution is 7.89. The number of thiophene rings is 1. The van der Waals surface area contributed by atoms with Crippen LogP contribution in [0.25, 0.3) is 0 Å². The summed E-state index contributed by atoms with van der Waals surface area (Å²) in [6.45, 7) is 3.73. The van der Waals surface area contributed by atoms with Crippen molar-refractivity contribution >= 4 is 33.0 Å². The zero-order chi connectivity index (χ0) is 19.7. The van der Waals surface area contributed by atoms with E-state index in [2.05, 4.69) is 12.2 Å². The minimum Gasteiger partial charge on any atom is -0.379 e. The number of fused-ring (bicyclic) bond motifs is 1. The van der Waals surface area contributed by atoms with Crippen LogP contribution >= 0.6 is 11.3 Å². The molecule has 150 valence electrons. The van der Waals surface area contributed by atoms with E-state index in [1.807, 2.05) is 6.07 Å². The largest absolute Gasteiger partial charge is 0.379 e. The van der Waals surface area contributed by atoms with E-state index in [0.29, 0.717) is 42.8 Å². The molecule has 1 atom stereocenters. The van der Waals surface area contributed by atoms with Crippen LogP contribution in [0.15, 0.2) is 35.2 Å². The van der Waals surface area contributed by atoms with Gasteiger partial charge in [0.25, 0.3) is 5.91 Å². The van der Waals surface area contributed by atoms with Gasteiger partial charge >= 0.3 is 0 Å². The fourth-order valence-corrected chi connectivity index (χ4v) is 6.24. The maximum absolute atomic E-state index is 12.8. The van der Waals surface area contributed by atoms with E-state index >= 15 is 0 Å². The van der Waals surface area contributed by atoms with Crippen LogP contribution in [0.4, 0.5) is 5.69 Å². The Balaban J connectivity index is 1.51. The first-order valence-electron chi connectivity index (χ1n) is 9.54. The lowest BCUT2D eigenvalue weighted by Crippen LogP contribution is -2.40. The number of sulfonamides is 1. The molecule has 0 bridgehead atoms. The van der Waals surface area contributed by atoms with Crippen LogP contribution in [0.2, 0.25) is 0 Å². The number of benzene rings is 1. The van der Waals surface area contributed by atoms with Crippen molar-refractivity contribution in [1.29, 1.82) is 0 Å². The quantitative estimate of drug-likeness (QED) is 0.824. The fourth-order valence-electron chi connectivity index (χ4n) is 3.68. The molecule has 1 N–H and O–H groups in total. The van der Waals surface area contributed by atoms with E-state index in [9.17, 15) is 13.2 Å². The number of hydrogen-bond donors (Lipinski definition) is 1. The number of anilines is 1. The Morgan fingerprint density at radius 3 is 2.82 bits per heavy atom. The van der Waals surface area contributed by atoms with Gasteiger partial charge in [-0.15, -0.1) is 11.3 Å². The number of nitrogens with one attached hydrogen (secondary N) is 1. The van der Waals surface area contributed by atoms with Crippen molar-refractivity contribution in [3.8, 4) is 0 Å². The Labute approximate surface area is 169 Å². The molecule has 0 saturated carbocycles. The van der Waals surface area contributed by atoms with Crippen LogP contribution in [0.3, 0.4) is 0 Å². The van der Waals surface area contributed by atoms with Crippen molar-refractivity contribution in [2.45, 2.75) is 31.1 Å². The third-order valence-corrected chi connectivity index (χ3v) is 8.38. The first-order valence-corrected chi connectivity index (χ1v) is 11.8. The fraction of sp³-hybridized carbons (Fsp3) is 0.450. The van der Waals surface area contributed by atoms with Gasteiger partial charge in [-0.1, -0.05) is 13.0 Å². The molecule has 1 aromatic carbocycles. The standard InChI is InChI=1S/C20H24N2O4S2/c1-14-5-6-18-15(11-14)12-19(27-18)20(23)21-16-3-2-4-17(13-16)28(24,25)22-7-9-26-10-8-22/h2-4,12-14H,5-11H2,1H3,(H,21,23)/t14-/m0/s1. The third-order valence-electron chi connectivity index (χ3n) is 5.25. The van der Waals surface area contributed by atoms with Gasteiger partial charge in [-0.2, -0.15) is 4.31 Å². The molecule has 1 aromatic heterocycles. The topological polar surface area (TPSA) is 75.7 Å². The highest BCUT2D eigenvalue weighted by Crippen LogP contribution is 2.32. The lowest BCUT2D eigenvalue weighted by molar-refractivity contribution is 0.0730. The van der Waals surface area contributed by atoms with Crippen molar-refractivity contribution < 1.29 is 17.9 Å². The Kier molecular flexibility index (Phi) is 5.55. The average Bonchev–Trinajstić information content (AvgIpc) is 3.12. The van der Waals surface area contributed by atoms with E-state index in [1.165, 1.54) is 20.8 Å². The summed E-state index contributed by atoms with van der Waals surface area (Å²) in [4.78, 5) is 14.9. The molecule has 6 nitrogen and oxygen atoms in total. The number of morpholine rings is 1.